The van der Waals surface area contributed by atoms with Gasteiger partial charge in [0.1, 0.15) is 5.82 Å². The van der Waals surface area contributed by atoms with Crippen molar-refractivity contribution in [1.29, 1.82) is 0 Å². The molecule has 1 aromatic rings. The highest BCUT2D eigenvalue weighted by Gasteiger charge is 2.32. The summed E-state index contributed by atoms with van der Waals surface area (Å²) in [5, 5.41) is 0. The Hall–Kier alpha value is -0.280. The maximum atomic E-state index is 6.05. The molecule has 88 valence electrons. The highest BCUT2D eigenvalue weighted by atomic mass is 79.9. The van der Waals surface area contributed by atoms with Crippen molar-refractivity contribution in [3.8, 4) is 0 Å². The first-order valence-electron chi connectivity index (χ1n) is 5.58. The first-order chi connectivity index (χ1) is 7.63. The van der Waals surface area contributed by atoms with Crippen LogP contribution in [0.2, 0.25) is 0 Å². The van der Waals surface area contributed by atoms with E-state index in [9.17, 15) is 0 Å². The molecule has 0 saturated carbocycles. The Morgan fingerprint density at radius 2 is 2.38 bits per heavy atom. The molecule has 0 spiro atoms. The molecule has 1 aliphatic heterocycles. The molecule has 1 aliphatic rings. The van der Waals surface area contributed by atoms with E-state index in [1.807, 2.05) is 13.1 Å². The molecule has 1 saturated heterocycles. The molecule has 2 heterocycles. The Kier molecular flexibility index (Phi) is 3.75. The van der Waals surface area contributed by atoms with Gasteiger partial charge in [0.05, 0.1) is 4.47 Å². The minimum Gasteiger partial charge on any atom is -0.351 e. The van der Waals surface area contributed by atoms with Crippen LogP contribution in [0.3, 0.4) is 0 Å². The van der Waals surface area contributed by atoms with Gasteiger partial charge in [-0.3, -0.25) is 0 Å². The Labute approximate surface area is 110 Å². The van der Waals surface area contributed by atoms with Crippen molar-refractivity contribution < 1.29 is 0 Å². The summed E-state index contributed by atoms with van der Waals surface area (Å²) >= 11 is 9.63. The number of rotatable bonds is 2. The van der Waals surface area contributed by atoms with Crippen molar-refractivity contribution in [2.24, 2.45) is 5.92 Å². The smallest absolute Gasteiger partial charge is 0.143 e. The zero-order valence-electron chi connectivity index (χ0n) is 9.58. The van der Waals surface area contributed by atoms with Gasteiger partial charge in [-0.1, -0.05) is 6.92 Å². The van der Waals surface area contributed by atoms with E-state index in [1.165, 1.54) is 12.0 Å². The van der Waals surface area contributed by atoms with Gasteiger partial charge >= 0.3 is 0 Å². The minimum atomic E-state index is 0.410. The highest BCUT2D eigenvalue weighted by molar-refractivity contribution is 9.10. The van der Waals surface area contributed by atoms with Crippen molar-refractivity contribution in [1.82, 2.24) is 4.98 Å². The van der Waals surface area contributed by atoms with Gasteiger partial charge in [-0.05, 0) is 46.8 Å². The normalized spacial score (nSPS) is 25.1. The predicted molar refractivity (Wildman–Crippen MR) is 72.3 cm³/mol. The molecule has 0 amide bonds. The van der Waals surface area contributed by atoms with Crippen molar-refractivity contribution in [3.05, 3.63) is 22.3 Å². The van der Waals surface area contributed by atoms with Crippen LogP contribution in [0.5, 0.6) is 0 Å². The molecule has 0 aliphatic carbocycles. The molecule has 16 heavy (non-hydrogen) atoms. The maximum absolute atomic E-state index is 6.05. The number of alkyl halides is 1. The summed E-state index contributed by atoms with van der Waals surface area (Å²) in [5.41, 5.74) is 1.17. The molecular weight excluding hydrogens is 288 g/mol. The molecule has 0 bridgehead atoms. The van der Waals surface area contributed by atoms with E-state index in [-0.39, 0.29) is 0 Å². The molecular formula is C12H16BrClN2. The Balaban J connectivity index is 2.30. The zero-order valence-corrected chi connectivity index (χ0v) is 11.9. The number of anilines is 1. The Bertz CT molecular complexity index is 383. The van der Waals surface area contributed by atoms with E-state index >= 15 is 0 Å². The summed E-state index contributed by atoms with van der Waals surface area (Å²) in [7, 11) is 0. The standard InChI is InChI=1S/C12H16BrClN2/c1-8-5-10(13)12(15-7-8)16-4-3-9(2)11(16)6-14/h5,7,9,11H,3-4,6H2,1-2H3. The summed E-state index contributed by atoms with van der Waals surface area (Å²) in [4.78, 5) is 6.83. The molecule has 2 atom stereocenters. The van der Waals surface area contributed by atoms with E-state index in [0.29, 0.717) is 17.8 Å². The largest absolute Gasteiger partial charge is 0.351 e. The van der Waals surface area contributed by atoms with Gasteiger partial charge < -0.3 is 4.90 Å². The van der Waals surface area contributed by atoms with Crippen LogP contribution in [-0.2, 0) is 0 Å². The summed E-state index contributed by atoms with van der Waals surface area (Å²) in [6.07, 6.45) is 3.10. The van der Waals surface area contributed by atoms with Gasteiger partial charge in [-0.25, -0.2) is 4.98 Å². The Morgan fingerprint density at radius 1 is 1.62 bits per heavy atom. The fourth-order valence-corrected chi connectivity index (χ4v) is 3.41. The lowest BCUT2D eigenvalue weighted by Gasteiger charge is -2.27. The lowest BCUT2D eigenvalue weighted by Crippen LogP contribution is -2.34. The fourth-order valence-electron chi connectivity index (χ4n) is 2.24. The second kappa shape index (κ2) is 4.92. The SMILES string of the molecule is Cc1cnc(N2CCC(C)C2CCl)c(Br)c1. The molecule has 4 heteroatoms. The van der Waals surface area contributed by atoms with E-state index in [4.69, 9.17) is 11.6 Å². The lowest BCUT2D eigenvalue weighted by atomic mass is 10.1. The molecule has 0 radical (unpaired) electrons. The van der Waals surface area contributed by atoms with Crippen LogP contribution < -0.4 is 4.90 Å². The van der Waals surface area contributed by atoms with E-state index in [2.05, 4.69) is 38.8 Å². The minimum absolute atomic E-state index is 0.410. The summed E-state index contributed by atoms with van der Waals surface area (Å²) in [6.45, 7) is 5.36. The van der Waals surface area contributed by atoms with Crippen LogP contribution in [-0.4, -0.2) is 23.5 Å². The number of aryl methyl sites for hydroxylation is 1. The third-order valence-corrected chi connectivity index (χ3v) is 4.17. The molecule has 2 nitrogen and oxygen atoms in total. The topological polar surface area (TPSA) is 16.1 Å². The number of nitrogens with zero attached hydrogens (tertiary/aromatic N) is 2. The van der Waals surface area contributed by atoms with Crippen LogP contribution in [0.15, 0.2) is 16.7 Å². The second-order valence-corrected chi connectivity index (χ2v) is 5.66. The van der Waals surface area contributed by atoms with Gasteiger partial charge in [-0.2, -0.15) is 0 Å². The van der Waals surface area contributed by atoms with Crippen LogP contribution >= 0.6 is 27.5 Å². The quantitative estimate of drug-likeness (QED) is 0.776. The average Bonchev–Trinajstić information content (AvgIpc) is 2.59. The highest BCUT2D eigenvalue weighted by Crippen LogP contribution is 2.33. The lowest BCUT2D eigenvalue weighted by molar-refractivity contribution is 0.548. The van der Waals surface area contributed by atoms with Crippen molar-refractivity contribution in [2.75, 3.05) is 17.3 Å². The first kappa shape index (κ1) is 12.2. The van der Waals surface area contributed by atoms with Crippen molar-refractivity contribution >= 4 is 33.3 Å². The Morgan fingerprint density at radius 3 is 3.00 bits per heavy atom. The van der Waals surface area contributed by atoms with Gasteiger partial charge in [0.15, 0.2) is 0 Å². The maximum Gasteiger partial charge on any atom is 0.143 e. The van der Waals surface area contributed by atoms with Crippen LogP contribution in [0.4, 0.5) is 5.82 Å². The third-order valence-electron chi connectivity index (χ3n) is 3.27. The van der Waals surface area contributed by atoms with Gasteiger partial charge in [-0.15, -0.1) is 11.6 Å². The summed E-state index contributed by atoms with van der Waals surface area (Å²) < 4.78 is 1.07. The average molecular weight is 304 g/mol. The van der Waals surface area contributed by atoms with Gasteiger partial charge in [0, 0.05) is 24.7 Å². The molecule has 1 fully saturated rings. The number of hydrogen-bond donors (Lipinski definition) is 0. The number of aromatic nitrogens is 1. The zero-order chi connectivity index (χ0) is 11.7. The fraction of sp³-hybridized carbons (Fsp3) is 0.583. The molecule has 0 aromatic carbocycles. The van der Waals surface area contributed by atoms with Crippen LogP contribution in [0.1, 0.15) is 18.9 Å². The van der Waals surface area contributed by atoms with Crippen LogP contribution in [0, 0.1) is 12.8 Å². The monoisotopic (exact) mass is 302 g/mol. The first-order valence-corrected chi connectivity index (χ1v) is 6.91. The number of pyridine rings is 1. The molecule has 1 aromatic heterocycles. The van der Waals surface area contributed by atoms with Crippen molar-refractivity contribution in [3.63, 3.8) is 0 Å². The van der Waals surface area contributed by atoms with Gasteiger partial charge in [0.25, 0.3) is 0 Å². The summed E-state index contributed by atoms with van der Waals surface area (Å²) in [5.74, 6) is 2.34. The van der Waals surface area contributed by atoms with Crippen LogP contribution in [0.25, 0.3) is 0 Å². The van der Waals surface area contributed by atoms with Crippen molar-refractivity contribution in [2.45, 2.75) is 26.3 Å². The molecule has 0 N–H and O–H groups in total. The second-order valence-electron chi connectivity index (χ2n) is 4.50. The summed E-state index contributed by atoms with van der Waals surface area (Å²) in [6, 6.07) is 2.52. The number of hydrogen-bond acceptors (Lipinski definition) is 2. The number of halogens is 2. The third kappa shape index (κ3) is 2.21. The molecule has 2 unspecified atom stereocenters. The van der Waals surface area contributed by atoms with E-state index in [0.717, 1.165) is 16.8 Å². The molecule has 2 rings (SSSR count). The van der Waals surface area contributed by atoms with E-state index < -0.39 is 0 Å². The van der Waals surface area contributed by atoms with Gasteiger partial charge in [0.2, 0.25) is 0 Å². The predicted octanol–water partition coefficient (Wildman–Crippen LogP) is 3.61. The van der Waals surface area contributed by atoms with E-state index in [1.54, 1.807) is 0 Å².